The minimum atomic E-state index is -0.400. The molecule has 0 unspecified atom stereocenters. The van der Waals surface area contributed by atoms with Crippen molar-refractivity contribution in [3.05, 3.63) is 72.0 Å². The molecule has 0 spiro atoms. The molecule has 43 heavy (non-hydrogen) atoms. The van der Waals surface area contributed by atoms with Gasteiger partial charge < -0.3 is 29.3 Å². The summed E-state index contributed by atoms with van der Waals surface area (Å²) >= 11 is 0. The van der Waals surface area contributed by atoms with E-state index in [9.17, 15) is 14.0 Å². The summed E-state index contributed by atoms with van der Waals surface area (Å²) in [4.78, 5) is 31.0. The van der Waals surface area contributed by atoms with Crippen molar-refractivity contribution in [1.82, 2.24) is 5.32 Å². The smallest absolute Gasteiger partial charge is 0.265 e. The molecule has 6 rings (SSSR count). The van der Waals surface area contributed by atoms with Crippen LogP contribution in [0.5, 0.6) is 11.5 Å². The Bertz CT molecular complexity index is 1490. The van der Waals surface area contributed by atoms with E-state index in [0.29, 0.717) is 37.6 Å². The summed E-state index contributed by atoms with van der Waals surface area (Å²) in [6.45, 7) is 2.48. The fraction of sp³-hybridized carbons (Fsp3) is 0.412. The highest BCUT2D eigenvalue weighted by atomic mass is 19.1. The number of benzene rings is 3. The first kappa shape index (κ1) is 29.1. The van der Waals surface area contributed by atoms with E-state index in [0.717, 1.165) is 48.2 Å². The molecule has 9 heteroatoms. The van der Waals surface area contributed by atoms with Crippen molar-refractivity contribution in [3.63, 3.8) is 0 Å². The largest absolute Gasteiger partial charge is 0.494 e. The number of hydrogen-bond acceptors (Lipinski definition) is 6. The van der Waals surface area contributed by atoms with Gasteiger partial charge in [-0.2, -0.15) is 0 Å². The highest BCUT2D eigenvalue weighted by molar-refractivity contribution is 6.01. The van der Waals surface area contributed by atoms with Gasteiger partial charge in [0.2, 0.25) is 5.91 Å². The average Bonchev–Trinajstić information content (AvgIpc) is 3.88. The molecule has 226 valence electrons. The molecule has 1 saturated carbocycles. The molecule has 2 aliphatic heterocycles. The van der Waals surface area contributed by atoms with E-state index in [1.165, 1.54) is 13.2 Å². The maximum absolute atomic E-state index is 14.5. The maximum Gasteiger partial charge on any atom is 0.265 e. The number of halogens is 1. The van der Waals surface area contributed by atoms with Gasteiger partial charge in [-0.15, -0.1) is 0 Å². The van der Waals surface area contributed by atoms with Crippen molar-refractivity contribution in [1.29, 1.82) is 0 Å². The van der Waals surface area contributed by atoms with E-state index >= 15 is 0 Å². The van der Waals surface area contributed by atoms with Gasteiger partial charge in [-0.1, -0.05) is 30.3 Å². The van der Waals surface area contributed by atoms with Gasteiger partial charge in [-0.25, -0.2) is 4.39 Å². The molecule has 3 aliphatic rings. The van der Waals surface area contributed by atoms with Crippen molar-refractivity contribution in [2.45, 2.75) is 37.6 Å². The van der Waals surface area contributed by atoms with E-state index in [4.69, 9.17) is 14.2 Å². The highest BCUT2D eigenvalue weighted by Gasteiger charge is 2.41. The number of nitrogens with zero attached hydrogens (tertiary/aromatic N) is 2. The van der Waals surface area contributed by atoms with Crippen LogP contribution in [0.1, 0.15) is 37.2 Å². The summed E-state index contributed by atoms with van der Waals surface area (Å²) in [7, 11) is 3.11. The number of ether oxygens (including phenoxy) is 3. The Hall–Kier alpha value is -3.95. The first-order chi connectivity index (χ1) is 21.0. The lowest BCUT2D eigenvalue weighted by Crippen LogP contribution is -2.47. The fourth-order valence-corrected chi connectivity index (χ4v) is 6.29. The van der Waals surface area contributed by atoms with Crippen LogP contribution >= 0.6 is 0 Å². The number of fused-ring (bicyclic) bond motifs is 1. The highest BCUT2D eigenvalue weighted by Crippen LogP contribution is 2.42. The van der Waals surface area contributed by atoms with Crippen LogP contribution in [0.25, 0.3) is 11.1 Å². The minimum Gasteiger partial charge on any atom is -0.494 e. The molecule has 1 aliphatic carbocycles. The summed E-state index contributed by atoms with van der Waals surface area (Å²) in [6, 6.07) is 19.0. The van der Waals surface area contributed by atoms with Crippen molar-refractivity contribution < 1.29 is 28.2 Å². The lowest BCUT2D eigenvalue weighted by atomic mass is 9.79. The van der Waals surface area contributed by atoms with Crippen molar-refractivity contribution in [3.8, 4) is 22.6 Å². The van der Waals surface area contributed by atoms with E-state index in [1.807, 2.05) is 35.2 Å². The first-order valence-corrected chi connectivity index (χ1v) is 15.0. The first-order valence-electron chi connectivity index (χ1n) is 15.0. The summed E-state index contributed by atoms with van der Waals surface area (Å²) in [5.74, 6) is 0.192. The molecular weight excluding hydrogens is 549 g/mol. The third kappa shape index (κ3) is 6.10. The fourth-order valence-electron chi connectivity index (χ4n) is 6.29. The summed E-state index contributed by atoms with van der Waals surface area (Å²) in [5, 5.41) is 3.45. The van der Waals surface area contributed by atoms with Crippen LogP contribution in [0.2, 0.25) is 0 Å². The summed E-state index contributed by atoms with van der Waals surface area (Å²) < 4.78 is 30.2. The van der Waals surface area contributed by atoms with Crippen LogP contribution in [0.4, 0.5) is 15.8 Å². The second kappa shape index (κ2) is 12.7. The molecule has 2 heterocycles. The van der Waals surface area contributed by atoms with Crippen LogP contribution in [-0.4, -0.2) is 64.9 Å². The molecule has 2 atom stereocenters. The average molecular weight is 588 g/mol. The zero-order chi connectivity index (χ0) is 29.9. The molecule has 2 amide bonds. The molecule has 0 bridgehead atoms. The molecule has 1 saturated heterocycles. The van der Waals surface area contributed by atoms with E-state index < -0.39 is 5.82 Å². The molecule has 0 aromatic heterocycles. The second-order valence-electron chi connectivity index (χ2n) is 11.5. The Kier molecular flexibility index (Phi) is 8.63. The quantitative estimate of drug-likeness (QED) is 0.331. The van der Waals surface area contributed by atoms with Gasteiger partial charge in [-0.3, -0.25) is 9.59 Å². The van der Waals surface area contributed by atoms with E-state index in [-0.39, 0.29) is 42.0 Å². The lowest BCUT2D eigenvalue weighted by molar-refractivity contribution is -0.123. The molecule has 8 nitrogen and oxygen atoms in total. The van der Waals surface area contributed by atoms with Crippen LogP contribution < -0.4 is 24.6 Å². The van der Waals surface area contributed by atoms with Gasteiger partial charge in [0.25, 0.3) is 5.91 Å². The molecule has 3 aromatic carbocycles. The summed E-state index contributed by atoms with van der Waals surface area (Å²) in [6.07, 6.45) is 3.42. The van der Waals surface area contributed by atoms with Gasteiger partial charge in [0.15, 0.2) is 18.2 Å². The predicted octanol–water partition coefficient (Wildman–Crippen LogP) is 5.15. The van der Waals surface area contributed by atoms with Crippen LogP contribution in [0, 0.1) is 11.7 Å². The number of hydrogen-bond donors (Lipinski definition) is 1. The Balaban J connectivity index is 1.29. The van der Waals surface area contributed by atoms with Gasteiger partial charge in [0, 0.05) is 38.5 Å². The minimum absolute atomic E-state index is 0.00376. The number of carbonyl (C=O) groups excluding carboxylic acids is 2. The van der Waals surface area contributed by atoms with E-state index in [2.05, 4.69) is 17.4 Å². The number of carbonyl (C=O) groups is 2. The third-order valence-electron chi connectivity index (χ3n) is 8.64. The van der Waals surface area contributed by atoms with Gasteiger partial charge in [0.05, 0.1) is 18.7 Å². The second-order valence-corrected chi connectivity index (χ2v) is 11.5. The van der Waals surface area contributed by atoms with Crippen molar-refractivity contribution >= 4 is 23.2 Å². The number of nitrogens with one attached hydrogen (secondary N) is 1. The molecule has 3 aromatic rings. The van der Waals surface area contributed by atoms with Crippen LogP contribution in [0.3, 0.4) is 0 Å². The number of piperidine rings is 1. The van der Waals surface area contributed by atoms with Gasteiger partial charge >= 0.3 is 0 Å². The third-order valence-corrected chi connectivity index (χ3v) is 8.64. The van der Waals surface area contributed by atoms with Gasteiger partial charge in [-0.05, 0) is 85.2 Å². The Morgan fingerprint density at radius 1 is 1.07 bits per heavy atom. The van der Waals surface area contributed by atoms with Crippen LogP contribution in [-0.2, 0) is 14.3 Å². The normalized spacial score (nSPS) is 19.9. The van der Waals surface area contributed by atoms with Crippen molar-refractivity contribution in [2.75, 3.05) is 56.9 Å². The van der Waals surface area contributed by atoms with Gasteiger partial charge in [0.1, 0.15) is 5.75 Å². The number of rotatable bonds is 10. The van der Waals surface area contributed by atoms with Crippen molar-refractivity contribution in [2.24, 2.45) is 5.92 Å². The molecule has 2 fully saturated rings. The van der Waals surface area contributed by atoms with Crippen LogP contribution in [0.15, 0.2) is 60.7 Å². The number of methoxy groups -OCH3 is 2. The molecular formula is C34H38FN3O5. The standard InChI is InChI=1S/C34H38FN3O5/c1-41-16-4-15-37-30-19-26(10-12-31(30)43-21-33(37)39)38(25-8-9-25)34(40)28-20-36-14-13-27(28)24-6-3-5-22(17-24)23-7-11-29(35)32(18-23)42-2/h3,5-7,10-12,17-19,25,27-28,36H,4,8-9,13-16,20-21H2,1-2H3/t27-,28+/m1/s1. The Morgan fingerprint density at radius 2 is 1.91 bits per heavy atom. The number of anilines is 2. The Morgan fingerprint density at radius 3 is 2.70 bits per heavy atom. The topological polar surface area (TPSA) is 80.3 Å². The lowest BCUT2D eigenvalue weighted by Gasteiger charge is -2.36. The number of amides is 2. The SMILES string of the molecule is COCCCN1C(=O)COc2ccc(N(C(=O)[C@H]3CNCC[C@@H]3c3cccc(-c4ccc(F)c(OC)c4)c3)C3CC3)cc21. The zero-order valence-corrected chi connectivity index (χ0v) is 24.7. The monoisotopic (exact) mass is 587 g/mol. The summed E-state index contributed by atoms with van der Waals surface area (Å²) in [5.41, 5.74) is 4.39. The predicted molar refractivity (Wildman–Crippen MR) is 163 cm³/mol. The zero-order valence-electron chi connectivity index (χ0n) is 24.7. The molecule has 1 N–H and O–H groups in total. The maximum atomic E-state index is 14.5. The molecule has 0 radical (unpaired) electrons. The van der Waals surface area contributed by atoms with E-state index in [1.54, 1.807) is 24.1 Å². The Labute approximate surface area is 251 Å².